The normalized spacial score (nSPS) is 17.7. The van der Waals surface area contributed by atoms with Crippen LogP contribution >= 0.6 is 0 Å². The van der Waals surface area contributed by atoms with Crippen molar-refractivity contribution in [1.82, 2.24) is 4.90 Å². The highest BCUT2D eigenvalue weighted by molar-refractivity contribution is 6.04. The van der Waals surface area contributed by atoms with Crippen LogP contribution in [0.5, 0.6) is 5.75 Å². The molecule has 5 rings (SSSR count). The first-order valence-corrected chi connectivity index (χ1v) is 12.7. The Morgan fingerprint density at radius 3 is 2.26 bits per heavy atom. The standard InChI is InChI=1S/C30H34N2O3/c1-34-29-12-11-26(21-28(29)24-13-17-32(18-14-24)27-15-19-35-20-16-27)31-30(33)25-9-7-23(8-10-25)22-5-3-2-4-6-22/h2-12,21,24,27H,13-20H2,1H3,(H,31,33). The Morgan fingerprint density at radius 2 is 1.57 bits per heavy atom. The van der Waals surface area contributed by atoms with Crippen molar-refractivity contribution in [2.45, 2.75) is 37.6 Å². The first-order valence-electron chi connectivity index (χ1n) is 12.7. The number of nitrogens with zero attached hydrogens (tertiary/aromatic N) is 1. The molecule has 2 saturated heterocycles. The maximum atomic E-state index is 13.0. The second kappa shape index (κ2) is 11.1. The summed E-state index contributed by atoms with van der Waals surface area (Å²) in [7, 11) is 1.72. The van der Waals surface area contributed by atoms with Crippen LogP contribution in [-0.4, -0.2) is 50.3 Å². The van der Waals surface area contributed by atoms with E-state index in [9.17, 15) is 4.79 Å². The van der Waals surface area contributed by atoms with E-state index in [0.29, 0.717) is 17.5 Å². The number of methoxy groups -OCH3 is 1. The molecule has 2 aliphatic heterocycles. The molecule has 0 bridgehead atoms. The molecule has 3 aromatic carbocycles. The molecule has 3 aromatic rings. The third kappa shape index (κ3) is 5.58. The van der Waals surface area contributed by atoms with E-state index in [1.807, 2.05) is 54.6 Å². The largest absolute Gasteiger partial charge is 0.496 e. The lowest BCUT2D eigenvalue weighted by atomic mass is 9.87. The first kappa shape index (κ1) is 23.6. The highest BCUT2D eigenvalue weighted by Crippen LogP contribution is 2.37. The number of likely N-dealkylation sites (tertiary alicyclic amines) is 1. The average molecular weight is 471 g/mol. The van der Waals surface area contributed by atoms with Gasteiger partial charge in [0.25, 0.3) is 5.91 Å². The quantitative estimate of drug-likeness (QED) is 0.482. The van der Waals surface area contributed by atoms with Crippen molar-refractivity contribution in [3.63, 3.8) is 0 Å². The molecule has 1 amide bonds. The fourth-order valence-corrected chi connectivity index (χ4v) is 5.40. The van der Waals surface area contributed by atoms with Gasteiger partial charge in [-0.25, -0.2) is 0 Å². The summed E-state index contributed by atoms with van der Waals surface area (Å²) < 4.78 is 11.2. The average Bonchev–Trinajstić information content (AvgIpc) is 2.94. The Balaban J connectivity index is 1.25. The van der Waals surface area contributed by atoms with E-state index < -0.39 is 0 Å². The molecule has 0 saturated carbocycles. The fraction of sp³-hybridized carbons (Fsp3) is 0.367. The van der Waals surface area contributed by atoms with Crippen LogP contribution < -0.4 is 10.1 Å². The van der Waals surface area contributed by atoms with E-state index in [2.05, 4.69) is 28.4 Å². The van der Waals surface area contributed by atoms with Gasteiger partial charge in [0.15, 0.2) is 0 Å². The van der Waals surface area contributed by atoms with Gasteiger partial charge in [-0.05, 0) is 91.7 Å². The number of benzene rings is 3. The van der Waals surface area contributed by atoms with Crippen LogP contribution in [0.1, 0.15) is 47.5 Å². The molecule has 0 spiro atoms. The molecule has 0 radical (unpaired) electrons. The molecule has 2 fully saturated rings. The molecule has 5 nitrogen and oxygen atoms in total. The van der Waals surface area contributed by atoms with Crippen molar-refractivity contribution >= 4 is 11.6 Å². The van der Waals surface area contributed by atoms with Gasteiger partial charge in [0, 0.05) is 30.5 Å². The molecule has 0 unspecified atom stereocenters. The lowest BCUT2D eigenvalue weighted by Gasteiger charge is -2.39. The number of ether oxygens (including phenoxy) is 2. The highest BCUT2D eigenvalue weighted by Gasteiger charge is 2.28. The molecule has 182 valence electrons. The summed E-state index contributed by atoms with van der Waals surface area (Å²) in [6.07, 6.45) is 4.49. The van der Waals surface area contributed by atoms with E-state index >= 15 is 0 Å². The maximum absolute atomic E-state index is 13.0. The zero-order valence-corrected chi connectivity index (χ0v) is 20.4. The number of nitrogens with one attached hydrogen (secondary N) is 1. The first-order chi connectivity index (χ1) is 17.2. The number of carbonyl (C=O) groups is 1. The Labute approximate surface area is 208 Å². The van der Waals surface area contributed by atoms with Gasteiger partial charge in [-0.3, -0.25) is 4.79 Å². The molecule has 1 N–H and O–H groups in total. The summed E-state index contributed by atoms with van der Waals surface area (Å²) in [4.78, 5) is 15.6. The van der Waals surface area contributed by atoms with Gasteiger partial charge in [0.05, 0.1) is 7.11 Å². The van der Waals surface area contributed by atoms with Crippen LogP contribution in [0.3, 0.4) is 0 Å². The van der Waals surface area contributed by atoms with Crippen molar-refractivity contribution in [2.75, 3.05) is 38.7 Å². The Morgan fingerprint density at radius 1 is 0.886 bits per heavy atom. The van der Waals surface area contributed by atoms with Gasteiger partial charge in [0.1, 0.15) is 5.75 Å². The molecule has 0 atom stereocenters. The predicted octanol–water partition coefficient (Wildman–Crippen LogP) is 5.97. The number of rotatable bonds is 6. The zero-order valence-electron chi connectivity index (χ0n) is 20.4. The van der Waals surface area contributed by atoms with Gasteiger partial charge < -0.3 is 19.7 Å². The predicted molar refractivity (Wildman–Crippen MR) is 140 cm³/mol. The maximum Gasteiger partial charge on any atom is 0.255 e. The molecule has 0 aromatic heterocycles. The minimum Gasteiger partial charge on any atom is -0.496 e. The Hall–Kier alpha value is -3.15. The second-order valence-electron chi connectivity index (χ2n) is 9.51. The Kier molecular flexibility index (Phi) is 7.45. The summed E-state index contributed by atoms with van der Waals surface area (Å²) in [5, 5.41) is 3.09. The van der Waals surface area contributed by atoms with Crippen LogP contribution in [0.25, 0.3) is 11.1 Å². The minimum atomic E-state index is -0.102. The number of anilines is 1. The van der Waals surface area contributed by atoms with Crippen molar-refractivity contribution in [3.05, 3.63) is 83.9 Å². The summed E-state index contributed by atoms with van der Waals surface area (Å²) in [5.74, 6) is 1.23. The van der Waals surface area contributed by atoms with Crippen LogP contribution in [0.2, 0.25) is 0 Å². The Bertz CT molecular complexity index is 1120. The lowest BCUT2D eigenvalue weighted by molar-refractivity contribution is 0.0251. The van der Waals surface area contributed by atoms with E-state index in [4.69, 9.17) is 9.47 Å². The zero-order chi connectivity index (χ0) is 24.0. The van der Waals surface area contributed by atoms with Gasteiger partial charge in [-0.2, -0.15) is 0 Å². The minimum absolute atomic E-state index is 0.102. The van der Waals surface area contributed by atoms with Crippen LogP contribution in [0.4, 0.5) is 5.69 Å². The van der Waals surface area contributed by atoms with Gasteiger partial charge in [-0.1, -0.05) is 42.5 Å². The van der Waals surface area contributed by atoms with E-state index in [-0.39, 0.29) is 5.91 Å². The molecule has 2 aliphatic rings. The third-order valence-corrected chi connectivity index (χ3v) is 7.42. The van der Waals surface area contributed by atoms with Crippen molar-refractivity contribution < 1.29 is 14.3 Å². The summed E-state index contributed by atoms with van der Waals surface area (Å²) in [6.45, 7) is 3.97. The summed E-state index contributed by atoms with van der Waals surface area (Å²) in [6, 6.07) is 24.6. The number of hydrogen-bond donors (Lipinski definition) is 1. The second-order valence-corrected chi connectivity index (χ2v) is 9.51. The summed E-state index contributed by atoms with van der Waals surface area (Å²) >= 11 is 0. The SMILES string of the molecule is COc1ccc(NC(=O)c2ccc(-c3ccccc3)cc2)cc1C1CCN(C2CCOCC2)CC1. The van der Waals surface area contributed by atoms with Crippen molar-refractivity contribution in [2.24, 2.45) is 0 Å². The van der Waals surface area contributed by atoms with Crippen LogP contribution in [-0.2, 0) is 4.74 Å². The number of hydrogen-bond acceptors (Lipinski definition) is 4. The van der Waals surface area contributed by atoms with Crippen LogP contribution in [0, 0.1) is 0 Å². The van der Waals surface area contributed by atoms with E-state index in [1.54, 1.807) is 7.11 Å². The molecular weight excluding hydrogens is 436 g/mol. The van der Waals surface area contributed by atoms with Gasteiger partial charge in [0.2, 0.25) is 0 Å². The van der Waals surface area contributed by atoms with Gasteiger partial charge >= 0.3 is 0 Å². The smallest absolute Gasteiger partial charge is 0.255 e. The molecule has 2 heterocycles. The van der Waals surface area contributed by atoms with Crippen LogP contribution in [0.15, 0.2) is 72.8 Å². The van der Waals surface area contributed by atoms with E-state index in [0.717, 1.165) is 74.6 Å². The monoisotopic (exact) mass is 470 g/mol. The number of carbonyl (C=O) groups excluding carboxylic acids is 1. The van der Waals surface area contributed by atoms with Gasteiger partial charge in [-0.15, -0.1) is 0 Å². The summed E-state index contributed by atoms with van der Waals surface area (Å²) in [5.41, 5.74) is 4.89. The van der Waals surface area contributed by atoms with Crippen molar-refractivity contribution in [1.29, 1.82) is 0 Å². The molecule has 35 heavy (non-hydrogen) atoms. The topological polar surface area (TPSA) is 50.8 Å². The van der Waals surface area contributed by atoms with E-state index in [1.165, 1.54) is 5.56 Å². The molecule has 5 heteroatoms. The van der Waals surface area contributed by atoms with Crippen molar-refractivity contribution in [3.8, 4) is 16.9 Å². The number of piperidine rings is 1. The highest BCUT2D eigenvalue weighted by atomic mass is 16.5. The fourth-order valence-electron chi connectivity index (χ4n) is 5.40. The number of amides is 1. The third-order valence-electron chi connectivity index (χ3n) is 7.42. The molecule has 0 aliphatic carbocycles. The lowest BCUT2D eigenvalue weighted by Crippen LogP contribution is -2.43. The molecular formula is C30H34N2O3.